The highest BCUT2D eigenvalue weighted by Gasteiger charge is 2.58. The van der Waals surface area contributed by atoms with Crippen LogP contribution in [0, 0.1) is 5.92 Å². The van der Waals surface area contributed by atoms with Gasteiger partial charge in [0.25, 0.3) is 0 Å². The average molecular weight is 392 g/mol. The number of halogens is 5. The molecule has 1 aromatic carbocycles. The van der Waals surface area contributed by atoms with Crippen molar-refractivity contribution in [2.75, 3.05) is 0 Å². The zero-order valence-electron chi connectivity index (χ0n) is 15.3. The number of benzene rings is 1. The molecule has 1 aliphatic rings. The first kappa shape index (κ1) is 21.6. The molecule has 152 valence electrons. The Kier molecular flexibility index (Phi) is 6.53. The summed E-state index contributed by atoms with van der Waals surface area (Å²) < 4.78 is 64.4. The molecule has 0 unspecified atom stereocenters. The number of carboxylic acid groups (broad SMARTS) is 1. The maximum absolute atomic E-state index is 13.4. The molecule has 0 aromatic heterocycles. The molecule has 0 bridgehead atoms. The monoisotopic (exact) mass is 392 g/mol. The molecule has 0 radical (unpaired) electrons. The molecule has 2 rings (SSSR count). The van der Waals surface area contributed by atoms with E-state index in [-0.39, 0.29) is 0 Å². The standard InChI is InChI=1S/C20H25F5O2/c1-2-3-4-5-14-10-12-18(13-11-14,17(26)27)15-6-8-16(9-7-15)19(21,22)20(23,24)25/h6-9,14H,2-5,10-13H2,1H3,(H,26,27). The van der Waals surface area contributed by atoms with E-state index in [0.29, 0.717) is 36.5 Å². The SMILES string of the molecule is CCCCCC1CCC(C(=O)O)(c2ccc(C(F)(F)C(F)(F)F)cc2)CC1. The Bertz CT molecular complexity index is 629. The summed E-state index contributed by atoms with van der Waals surface area (Å²) in [6.45, 7) is 2.11. The highest BCUT2D eigenvalue weighted by Crippen LogP contribution is 2.46. The largest absolute Gasteiger partial charge is 0.481 e. The molecular weight excluding hydrogens is 367 g/mol. The van der Waals surface area contributed by atoms with E-state index in [1.807, 2.05) is 0 Å². The van der Waals surface area contributed by atoms with Gasteiger partial charge in [-0.3, -0.25) is 4.79 Å². The third kappa shape index (κ3) is 4.43. The van der Waals surface area contributed by atoms with Gasteiger partial charge in [-0.05, 0) is 37.2 Å². The summed E-state index contributed by atoms with van der Waals surface area (Å²) in [5, 5.41) is 9.77. The van der Waals surface area contributed by atoms with Crippen LogP contribution in [0.5, 0.6) is 0 Å². The summed E-state index contributed by atoms with van der Waals surface area (Å²) in [4.78, 5) is 12.0. The van der Waals surface area contributed by atoms with Crippen molar-refractivity contribution in [1.29, 1.82) is 0 Å². The molecular formula is C20H25F5O2. The zero-order valence-corrected chi connectivity index (χ0v) is 15.3. The topological polar surface area (TPSA) is 37.3 Å². The van der Waals surface area contributed by atoms with E-state index in [1.54, 1.807) is 0 Å². The minimum atomic E-state index is -5.68. The van der Waals surface area contributed by atoms with E-state index in [1.165, 1.54) is 0 Å². The second kappa shape index (κ2) is 8.15. The van der Waals surface area contributed by atoms with Gasteiger partial charge in [0.05, 0.1) is 5.41 Å². The number of hydrogen-bond acceptors (Lipinski definition) is 1. The van der Waals surface area contributed by atoms with Crippen LogP contribution in [-0.4, -0.2) is 17.3 Å². The van der Waals surface area contributed by atoms with Gasteiger partial charge in [-0.1, -0.05) is 56.9 Å². The summed E-state index contributed by atoms with van der Waals surface area (Å²) >= 11 is 0. The molecule has 27 heavy (non-hydrogen) atoms. The van der Waals surface area contributed by atoms with Crippen molar-refractivity contribution in [1.82, 2.24) is 0 Å². The number of hydrogen-bond donors (Lipinski definition) is 1. The van der Waals surface area contributed by atoms with Crippen molar-refractivity contribution in [2.24, 2.45) is 5.92 Å². The molecule has 0 heterocycles. The highest BCUT2D eigenvalue weighted by atomic mass is 19.4. The fraction of sp³-hybridized carbons (Fsp3) is 0.650. The Morgan fingerprint density at radius 2 is 1.63 bits per heavy atom. The molecule has 2 nitrogen and oxygen atoms in total. The molecule has 0 atom stereocenters. The lowest BCUT2D eigenvalue weighted by Gasteiger charge is -2.37. The lowest BCUT2D eigenvalue weighted by molar-refractivity contribution is -0.289. The highest BCUT2D eigenvalue weighted by molar-refractivity contribution is 5.81. The van der Waals surface area contributed by atoms with E-state index in [2.05, 4.69) is 6.92 Å². The van der Waals surface area contributed by atoms with Gasteiger partial charge in [0.1, 0.15) is 0 Å². The Balaban J connectivity index is 2.18. The number of aliphatic carboxylic acids is 1. The van der Waals surface area contributed by atoms with E-state index in [9.17, 15) is 31.9 Å². The molecule has 0 saturated heterocycles. The maximum Gasteiger partial charge on any atom is 0.458 e. The van der Waals surface area contributed by atoms with Crippen LogP contribution in [0.25, 0.3) is 0 Å². The minimum Gasteiger partial charge on any atom is -0.481 e. The third-order valence-electron chi connectivity index (χ3n) is 5.74. The van der Waals surface area contributed by atoms with Gasteiger partial charge >= 0.3 is 18.1 Å². The second-order valence-corrected chi connectivity index (χ2v) is 7.48. The lowest BCUT2D eigenvalue weighted by Crippen LogP contribution is -2.40. The zero-order chi connectivity index (χ0) is 20.3. The predicted octanol–water partition coefficient (Wildman–Crippen LogP) is 6.43. The summed E-state index contributed by atoms with van der Waals surface area (Å²) in [5.41, 5.74) is -2.09. The normalized spacial score (nSPS) is 24.0. The quantitative estimate of drug-likeness (QED) is 0.429. The van der Waals surface area contributed by atoms with Crippen LogP contribution in [0.1, 0.15) is 69.4 Å². The van der Waals surface area contributed by atoms with E-state index in [4.69, 9.17) is 0 Å². The van der Waals surface area contributed by atoms with Gasteiger partial charge < -0.3 is 5.11 Å². The number of alkyl halides is 5. The number of carboxylic acids is 1. The molecule has 1 N–H and O–H groups in total. The first-order valence-electron chi connectivity index (χ1n) is 9.33. The second-order valence-electron chi connectivity index (χ2n) is 7.48. The molecule has 1 saturated carbocycles. The van der Waals surface area contributed by atoms with Crippen LogP contribution in [-0.2, 0) is 16.1 Å². The van der Waals surface area contributed by atoms with Crippen LogP contribution >= 0.6 is 0 Å². The van der Waals surface area contributed by atoms with Gasteiger partial charge in [-0.2, -0.15) is 22.0 Å². The Hall–Kier alpha value is -1.66. The molecule has 0 amide bonds. The summed E-state index contributed by atoms with van der Waals surface area (Å²) in [6, 6.07) is 3.61. The van der Waals surface area contributed by atoms with Crippen LogP contribution < -0.4 is 0 Å². The van der Waals surface area contributed by atoms with Gasteiger partial charge in [-0.25, -0.2) is 0 Å². The van der Waals surface area contributed by atoms with Gasteiger partial charge in [-0.15, -0.1) is 0 Å². The maximum atomic E-state index is 13.4. The van der Waals surface area contributed by atoms with Crippen LogP contribution in [0.15, 0.2) is 24.3 Å². The van der Waals surface area contributed by atoms with Gasteiger partial charge in [0, 0.05) is 5.56 Å². The number of carbonyl (C=O) groups is 1. The molecule has 1 fully saturated rings. The molecule has 0 aliphatic heterocycles. The van der Waals surface area contributed by atoms with E-state index in [0.717, 1.165) is 50.7 Å². The molecule has 1 aliphatic carbocycles. The minimum absolute atomic E-state index is 0.295. The van der Waals surface area contributed by atoms with Crippen LogP contribution in [0.4, 0.5) is 22.0 Å². The van der Waals surface area contributed by atoms with Crippen molar-refractivity contribution < 1.29 is 31.9 Å². The fourth-order valence-corrected chi connectivity index (χ4v) is 3.93. The van der Waals surface area contributed by atoms with E-state index < -0.39 is 29.0 Å². The average Bonchev–Trinajstić information content (AvgIpc) is 2.61. The molecule has 7 heteroatoms. The third-order valence-corrected chi connectivity index (χ3v) is 5.74. The molecule has 0 spiro atoms. The van der Waals surface area contributed by atoms with Gasteiger partial charge in [0.15, 0.2) is 0 Å². The Morgan fingerprint density at radius 1 is 1.07 bits per heavy atom. The lowest BCUT2D eigenvalue weighted by atomic mass is 9.66. The number of rotatable bonds is 7. The summed E-state index contributed by atoms with van der Waals surface area (Å²) in [6.07, 6.45) is 0.879. The molecule has 1 aromatic rings. The van der Waals surface area contributed by atoms with Crippen LogP contribution in [0.3, 0.4) is 0 Å². The Labute approximate surface area is 155 Å². The van der Waals surface area contributed by atoms with Crippen molar-refractivity contribution >= 4 is 5.97 Å². The summed E-state index contributed by atoms with van der Waals surface area (Å²) in [5.74, 6) is -5.57. The first-order chi connectivity index (χ1) is 12.5. The fourth-order valence-electron chi connectivity index (χ4n) is 3.93. The smallest absolute Gasteiger partial charge is 0.458 e. The van der Waals surface area contributed by atoms with Gasteiger partial charge in [0.2, 0.25) is 0 Å². The first-order valence-corrected chi connectivity index (χ1v) is 9.33. The van der Waals surface area contributed by atoms with Crippen molar-refractivity contribution in [3.8, 4) is 0 Å². The van der Waals surface area contributed by atoms with Crippen molar-refractivity contribution in [3.63, 3.8) is 0 Å². The Morgan fingerprint density at radius 3 is 2.07 bits per heavy atom. The van der Waals surface area contributed by atoms with E-state index >= 15 is 0 Å². The summed E-state index contributed by atoms with van der Waals surface area (Å²) in [7, 11) is 0. The van der Waals surface area contributed by atoms with Crippen LogP contribution in [0.2, 0.25) is 0 Å². The number of unbranched alkanes of at least 4 members (excludes halogenated alkanes) is 2. The van der Waals surface area contributed by atoms with Crippen molar-refractivity contribution in [2.45, 2.75) is 75.8 Å². The van der Waals surface area contributed by atoms with Crippen molar-refractivity contribution in [3.05, 3.63) is 35.4 Å². The predicted molar refractivity (Wildman–Crippen MR) is 91.8 cm³/mol.